The van der Waals surface area contributed by atoms with Gasteiger partial charge in [-0.3, -0.25) is 9.78 Å². The topological polar surface area (TPSA) is 53.4 Å². The van der Waals surface area contributed by atoms with Crippen LogP contribution in [0.15, 0.2) is 18.5 Å². The molecule has 4 heteroatoms. The van der Waals surface area contributed by atoms with Gasteiger partial charge in [-0.05, 0) is 37.7 Å². The molecule has 3 rings (SSSR count). The number of carbonyl (C=O) groups is 1. The zero-order valence-corrected chi connectivity index (χ0v) is 11.1. The smallest absolute Gasteiger partial charge is 0.255 e. The Kier molecular flexibility index (Phi) is 3.40. The molecule has 1 amide bonds. The van der Waals surface area contributed by atoms with Gasteiger partial charge in [-0.1, -0.05) is 12.8 Å². The Morgan fingerprint density at radius 1 is 1.21 bits per heavy atom. The lowest BCUT2D eigenvalue weighted by Crippen LogP contribution is -2.49. The summed E-state index contributed by atoms with van der Waals surface area (Å²) < 4.78 is 0. The summed E-state index contributed by atoms with van der Waals surface area (Å²) in [6.45, 7) is 0.843. The van der Waals surface area contributed by atoms with E-state index in [2.05, 4.69) is 4.98 Å². The predicted octanol–water partition coefficient (Wildman–Crippen LogP) is 2.58. The molecular formula is C15H20N2O2. The molecular weight excluding hydrogens is 240 g/mol. The Morgan fingerprint density at radius 2 is 2.00 bits per heavy atom. The summed E-state index contributed by atoms with van der Waals surface area (Å²) in [4.78, 5) is 18.5. The van der Waals surface area contributed by atoms with Crippen molar-refractivity contribution in [1.29, 1.82) is 0 Å². The molecule has 2 unspecified atom stereocenters. The quantitative estimate of drug-likeness (QED) is 0.844. The van der Waals surface area contributed by atoms with Crippen LogP contribution >= 0.6 is 0 Å². The van der Waals surface area contributed by atoms with Crippen LogP contribution in [0.25, 0.3) is 0 Å². The van der Waals surface area contributed by atoms with E-state index in [0.29, 0.717) is 17.5 Å². The van der Waals surface area contributed by atoms with Crippen molar-refractivity contribution in [3.05, 3.63) is 24.0 Å². The van der Waals surface area contributed by atoms with Gasteiger partial charge >= 0.3 is 0 Å². The number of pyridine rings is 1. The molecule has 2 heterocycles. The Labute approximate surface area is 113 Å². The van der Waals surface area contributed by atoms with Gasteiger partial charge in [-0.2, -0.15) is 0 Å². The number of likely N-dealkylation sites (tertiary alicyclic amines) is 1. The van der Waals surface area contributed by atoms with Gasteiger partial charge in [0.1, 0.15) is 5.75 Å². The molecule has 0 aromatic carbocycles. The van der Waals surface area contributed by atoms with Gasteiger partial charge in [0.05, 0.1) is 11.8 Å². The van der Waals surface area contributed by atoms with Gasteiger partial charge in [-0.25, -0.2) is 0 Å². The third-order valence-corrected chi connectivity index (χ3v) is 4.47. The first kappa shape index (κ1) is 12.5. The highest BCUT2D eigenvalue weighted by Crippen LogP contribution is 2.35. The maximum Gasteiger partial charge on any atom is 0.255 e. The van der Waals surface area contributed by atoms with Crippen molar-refractivity contribution in [2.45, 2.75) is 44.6 Å². The van der Waals surface area contributed by atoms with Crippen molar-refractivity contribution in [3.63, 3.8) is 0 Å². The summed E-state index contributed by atoms with van der Waals surface area (Å²) >= 11 is 0. The first-order valence-electron chi connectivity index (χ1n) is 7.20. The van der Waals surface area contributed by atoms with Crippen molar-refractivity contribution in [3.8, 4) is 5.75 Å². The molecule has 1 aromatic rings. The summed E-state index contributed by atoms with van der Waals surface area (Å²) in [7, 11) is 0. The Hall–Kier alpha value is -1.58. The van der Waals surface area contributed by atoms with Gasteiger partial charge in [-0.15, -0.1) is 0 Å². The first-order chi connectivity index (χ1) is 9.25. The summed E-state index contributed by atoms with van der Waals surface area (Å²) in [5.74, 6) is 0.764. The summed E-state index contributed by atoms with van der Waals surface area (Å²) in [6.07, 6.45) is 10.2. The van der Waals surface area contributed by atoms with Crippen LogP contribution in [0, 0.1) is 5.92 Å². The van der Waals surface area contributed by atoms with Crippen molar-refractivity contribution in [2.75, 3.05) is 6.54 Å². The van der Waals surface area contributed by atoms with Gasteiger partial charge < -0.3 is 10.0 Å². The fourth-order valence-corrected chi connectivity index (χ4v) is 3.59. The van der Waals surface area contributed by atoms with Crippen LogP contribution in [-0.2, 0) is 0 Å². The second-order valence-electron chi connectivity index (χ2n) is 5.68. The molecule has 1 saturated heterocycles. The van der Waals surface area contributed by atoms with Gasteiger partial charge in [0.15, 0.2) is 0 Å². The molecule has 0 bridgehead atoms. The minimum atomic E-state index is 0.0278. The normalized spacial score (nSPS) is 26.8. The third-order valence-electron chi connectivity index (χ3n) is 4.47. The molecule has 2 fully saturated rings. The molecule has 0 spiro atoms. The third kappa shape index (κ3) is 2.44. The number of fused-ring (bicyclic) bond motifs is 1. The molecule has 4 nitrogen and oxygen atoms in total. The van der Waals surface area contributed by atoms with Crippen molar-refractivity contribution in [1.82, 2.24) is 9.88 Å². The number of nitrogens with zero attached hydrogens (tertiary/aromatic N) is 2. The van der Waals surface area contributed by atoms with E-state index in [4.69, 9.17) is 0 Å². The van der Waals surface area contributed by atoms with E-state index in [1.807, 2.05) is 4.90 Å². The van der Waals surface area contributed by atoms with Crippen LogP contribution < -0.4 is 0 Å². The second kappa shape index (κ2) is 5.19. The van der Waals surface area contributed by atoms with E-state index in [-0.39, 0.29) is 11.7 Å². The van der Waals surface area contributed by atoms with E-state index < -0.39 is 0 Å². The molecule has 2 aliphatic rings. The van der Waals surface area contributed by atoms with Crippen molar-refractivity contribution >= 4 is 5.91 Å². The zero-order valence-electron chi connectivity index (χ0n) is 11.1. The fourth-order valence-electron chi connectivity index (χ4n) is 3.59. The highest BCUT2D eigenvalue weighted by molar-refractivity contribution is 5.94. The van der Waals surface area contributed by atoms with Crippen LogP contribution in [-0.4, -0.2) is 33.5 Å². The average molecular weight is 260 g/mol. The highest BCUT2D eigenvalue weighted by atomic mass is 16.3. The number of hydrogen-bond acceptors (Lipinski definition) is 3. The van der Waals surface area contributed by atoms with Crippen LogP contribution in [0.5, 0.6) is 5.75 Å². The number of carbonyl (C=O) groups excluding carboxylic acids is 1. The summed E-state index contributed by atoms with van der Waals surface area (Å²) in [5.41, 5.74) is 0.506. The summed E-state index contributed by atoms with van der Waals surface area (Å²) in [5, 5.41) is 9.46. The average Bonchev–Trinajstić information content (AvgIpc) is 2.46. The molecule has 102 valence electrons. The monoisotopic (exact) mass is 260 g/mol. The van der Waals surface area contributed by atoms with Gasteiger partial charge in [0.2, 0.25) is 0 Å². The van der Waals surface area contributed by atoms with E-state index in [9.17, 15) is 9.90 Å². The number of aromatic nitrogens is 1. The van der Waals surface area contributed by atoms with Crippen molar-refractivity contribution < 1.29 is 9.90 Å². The molecule has 0 radical (unpaired) electrons. The lowest BCUT2D eigenvalue weighted by molar-refractivity contribution is 0.0390. The zero-order chi connectivity index (χ0) is 13.2. The number of rotatable bonds is 1. The minimum absolute atomic E-state index is 0.0278. The lowest BCUT2D eigenvalue weighted by Gasteiger charge is -2.44. The second-order valence-corrected chi connectivity index (χ2v) is 5.68. The number of hydrogen-bond donors (Lipinski definition) is 1. The molecule has 1 saturated carbocycles. The molecule has 1 aliphatic heterocycles. The fraction of sp³-hybridized carbons (Fsp3) is 0.600. The molecule has 1 N–H and O–H groups in total. The molecule has 1 aliphatic carbocycles. The number of aromatic hydroxyl groups is 1. The maximum atomic E-state index is 12.6. The van der Waals surface area contributed by atoms with E-state index >= 15 is 0 Å². The van der Waals surface area contributed by atoms with Gasteiger partial charge in [0.25, 0.3) is 5.91 Å². The van der Waals surface area contributed by atoms with Crippen LogP contribution in [0.1, 0.15) is 48.9 Å². The Bertz CT molecular complexity index is 473. The van der Waals surface area contributed by atoms with Crippen LogP contribution in [0.2, 0.25) is 0 Å². The molecule has 19 heavy (non-hydrogen) atoms. The van der Waals surface area contributed by atoms with Crippen LogP contribution in [0.3, 0.4) is 0 Å². The van der Waals surface area contributed by atoms with Crippen LogP contribution in [0.4, 0.5) is 0 Å². The molecule has 1 aromatic heterocycles. The Morgan fingerprint density at radius 3 is 2.84 bits per heavy atom. The SMILES string of the molecule is O=C(c1cncc(O)c1)N1CCCC2CCCCC21. The highest BCUT2D eigenvalue weighted by Gasteiger charge is 2.36. The van der Waals surface area contributed by atoms with E-state index in [1.165, 1.54) is 37.9 Å². The standard InChI is InChI=1S/C15H20N2O2/c18-13-8-12(9-16-10-13)15(19)17-7-3-5-11-4-1-2-6-14(11)17/h8-11,14,18H,1-7H2. The van der Waals surface area contributed by atoms with Crippen molar-refractivity contribution in [2.24, 2.45) is 5.92 Å². The largest absolute Gasteiger partial charge is 0.506 e. The summed E-state index contributed by atoms with van der Waals surface area (Å²) in [6, 6.07) is 1.92. The lowest BCUT2D eigenvalue weighted by atomic mass is 9.78. The minimum Gasteiger partial charge on any atom is -0.506 e. The number of amides is 1. The van der Waals surface area contributed by atoms with E-state index in [1.54, 1.807) is 6.20 Å². The number of piperidine rings is 1. The van der Waals surface area contributed by atoms with E-state index in [0.717, 1.165) is 19.4 Å². The molecule has 2 atom stereocenters. The van der Waals surface area contributed by atoms with Gasteiger partial charge in [0, 0.05) is 18.8 Å². The maximum absolute atomic E-state index is 12.6. The predicted molar refractivity (Wildman–Crippen MR) is 71.9 cm³/mol. The Balaban J connectivity index is 1.82. The first-order valence-corrected chi connectivity index (χ1v) is 7.20.